The molecule has 3 unspecified atom stereocenters. The number of hydrogen-bond donors (Lipinski definition) is 1. The largest absolute Gasteiger partial charge is 0.467 e. The van der Waals surface area contributed by atoms with Crippen LogP contribution in [-0.4, -0.2) is 16.9 Å². The van der Waals surface area contributed by atoms with E-state index in [9.17, 15) is 5.11 Å². The van der Waals surface area contributed by atoms with Crippen molar-refractivity contribution >= 4 is 17.8 Å². The van der Waals surface area contributed by atoms with Crippen LogP contribution in [0.5, 0.6) is 0 Å². The first kappa shape index (κ1) is 26.7. The number of hydrogen-bond acceptors (Lipinski definition) is 4. The molecule has 1 aliphatic carbocycles. The van der Waals surface area contributed by atoms with E-state index >= 15 is 4.57 Å². The fourth-order valence-electron chi connectivity index (χ4n) is 5.87. The summed E-state index contributed by atoms with van der Waals surface area (Å²) in [5.41, 5.74) is 0.506. The fraction of sp³-hybridized carbons (Fsp3) is 0.333. The second-order valence-corrected chi connectivity index (χ2v) is 13.3. The van der Waals surface area contributed by atoms with Crippen LogP contribution in [0.3, 0.4) is 0 Å². The van der Waals surface area contributed by atoms with Crippen LogP contribution in [-0.2, 0) is 15.9 Å². The fourth-order valence-corrected chi connectivity index (χ4v) is 9.22. The van der Waals surface area contributed by atoms with Gasteiger partial charge in [0.1, 0.15) is 19.0 Å². The lowest BCUT2D eigenvalue weighted by Crippen LogP contribution is -2.37. The summed E-state index contributed by atoms with van der Waals surface area (Å²) >= 11 is 0. The molecule has 0 radical (unpaired) electrons. The first-order valence-electron chi connectivity index (χ1n) is 13.7. The van der Waals surface area contributed by atoms with Crippen molar-refractivity contribution in [2.75, 3.05) is 0 Å². The van der Waals surface area contributed by atoms with Crippen molar-refractivity contribution in [3.05, 3.63) is 121 Å². The Morgan fingerprint density at radius 3 is 1.92 bits per heavy atom. The van der Waals surface area contributed by atoms with Crippen LogP contribution in [0.25, 0.3) is 0 Å². The van der Waals surface area contributed by atoms with Gasteiger partial charge < -0.3 is 18.8 Å². The molecule has 1 saturated carbocycles. The van der Waals surface area contributed by atoms with Gasteiger partial charge in [0.2, 0.25) is 0 Å². The van der Waals surface area contributed by atoms with Gasteiger partial charge in [-0.15, -0.1) is 0 Å². The van der Waals surface area contributed by atoms with Gasteiger partial charge in [0.25, 0.3) is 0 Å². The zero-order chi connectivity index (χ0) is 26.2. The van der Waals surface area contributed by atoms with Crippen molar-refractivity contribution < 1.29 is 18.8 Å². The molecule has 5 heteroatoms. The maximum absolute atomic E-state index is 15.5. The highest BCUT2D eigenvalue weighted by Crippen LogP contribution is 2.55. The Morgan fingerprint density at radius 1 is 0.789 bits per heavy atom. The summed E-state index contributed by atoms with van der Waals surface area (Å²) in [5, 5.41) is 13.3. The van der Waals surface area contributed by atoms with Crippen LogP contribution in [0.2, 0.25) is 0 Å². The van der Waals surface area contributed by atoms with Gasteiger partial charge in [-0.2, -0.15) is 0 Å². The number of rotatable bonds is 11. The lowest BCUT2D eigenvalue weighted by atomic mass is 9.83. The molecule has 0 saturated heterocycles. The number of aliphatic hydroxyl groups is 1. The third-order valence-corrected chi connectivity index (χ3v) is 11.5. The number of benzene rings is 3. The average molecular weight is 529 g/mol. The second kappa shape index (κ2) is 12.8. The Bertz CT molecular complexity index is 1230. The van der Waals surface area contributed by atoms with Gasteiger partial charge in [-0.1, -0.05) is 110 Å². The van der Waals surface area contributed by atoms with E-state index in [4.69, 9.17) is 9.15 Å². The molecule has 1 aromatic heterocycles. The lowest BCUT2D eigenvalue weighted by Gasteiger charge is -2.37. The highest BCUT2D eigenvalue weighted by Gasteiger charge is 2.45. The minimum atomic E-state index is -3.32. The van der Waals surface area contributed by atoms with Crippen molar-refractivity contribution in [2.45, 2.75) is 63.0 Å². The Kier molecular flexibility index (Phi) is 8.96. The van der Waals surface area contributed by atoms with Crippen molar-refractivity contribution in [3.8, 4) is 0 Å². The summed E-state index contributed by atoms with van der Waals surface area (Å²) in [7, 11) is -3.32. The smallest absolute Gasteiger partial charge is 0.149 e. The van der Waals surface area contributed by atoms with Crippen LogP contribution in [0, 0.1) is 5.92 Å². The molecular weight excluding hydrogens is 491 g/mol. The summed E-state index contributed by atoms with van der Waals surface area (Å²) in [4.78, 5) is 0. The molecule has 1 heterocycles. The molecule has 4 nitrogen and oxygen atoms in total. The maximum Gasteiger partial charge on any atom is 0.149 e. The first-order chi connectivity index (χ1) is 18.7. The predicted octanol–water partition coefficient (Wildman–Crippen LogP) is 7.25. The molecule has 5 rings (SSSR count). The molecule has 1 N–H and O–H groups in total. The number of aliphatic hydroxyl groups excluding tert-OH is 1. The Morgan fingerprint density at radius 2 is 1.37 bits per heavy atom. The monoisotopic (exact) mass is 528 g/mol. The Balaban J connectivity index is 1.57. The van der Waals surface area contributed by atoms with Gasteiger partial charge >= 0.3 is 0 Å². The van der Waals surface area contributed by atoms with E-state index in [-0.39, 0.29) is 6.10 Å². The molecule has 1 fully saturated rings. The topological polar surface area (TPSA) is 59.7 Å². The van der Waals surface area contributed by atoms with E-state index in [1.165, 1.54) is 19.3 Å². The van der Waals surface area contributed by atoms with Gasteiger partial charge in [-0.3, -0.25) is 0 Å². The van der Waals surface area contributed by atoms with Crippen LogP contribution in [0.15, 0.2) is 114 Å². The van der Waals surface area contributed by atoms with Crippen molar-refractivity contribution in [2.24, 2.45) is 5.92 Å². The maximum atomic E-state index is 15.5. The van der Waals surface area contributed by atoms with Crippen molar-refractivity contribution in [1.29, 1.82) is 0 Å². The highest BCUT2D eigenvalue weighted by atomic mass is 31.2. The van der Waals surface area contributed by atoms with E-state index < -0.39 is 18.9 Å². The SMILES string of the molecule is O=P(c1ccccc1)(c1ccccc1)C(CC(OCc1ccccc1)C1CCCCC1)C(O)c1ccco1. The molecule has 4 aromatic rings. The zero-order valence-corrected chi connectivity index (χ0v) is 22.7. The molecule has 3 atom stereocenters. The molecule has 0 amide bonds. The minimum Gasteiger partial charge on any atom is -0.467 e. The van der Waals surface area contributed by atoms with Crippen molar-refractivity contribution in [3.63, 3.8) is 0 Å². The van der Waals surface area contributed by atoms with Crippen LogP contribution in [0.4, 0.5) is 0 Å². The molecule has 1 aliphatic rings. The standard InChI is InChI=1S/C33H37O4P/c34-33(30-22-13-23-36-30)32(38(35,28-18-9-3-10-19-28)29-20-11-4-12-21-29)24-31(27-16-7-2-8-17-27)37-25-26-14-5-1-6-15-26/h1,3-6,9-15,18-23,27,31-34H,2,7-8,16-17,24-25H2. The number of furan rings is 1. The Labute approximate surface area is 226 Å². The highest BCUT2D eigenvalue weighted by molar-refractivity contribution is 7.79. The molecule has 0 aliphatic heterocycles. The normalized spacial score (nSPS) is 17.1. The Hall–Kier alpha value is -2.91. The predicted molar refractivity (Wildman–Crippen MR) is 153 cm³/mol. The quantitative estimate of drug-likeness (QED) is 0.208. The van der Waals surface area contributed by atoms with Gasteiger partial charge in [-0.25, -0.2) is 0 Å². The zero-order valence-electron chi connectivity index (χ0n) is 21.8. The average Bonchev–Trinajstić information content (AvgIpc) is 3.54. The molecule has 0 spiro atoms. The summed E-state index contributed by atoms with van der Waals surface area (Å²) < 4.78 is 27.8. The number of ether oxygens (including phenoxy) is 1. The molecule has 198 valence electrons. The summed E-state index contributed by atoms with van der Waals surface area (Å²) in [6.07, 6.45) is 6.64. The van der Waals surface area contributed by atoms with E-state index in [0.29, 0.717) is 24.7 Å². The van der Waals surface area contributed by atoms with Crippen LogP contribution < -0.4 is 10.6 Å². The van der Waals surface area contributed by atoms with Crippen molar-refractivity contribution in [1.82, 2.24) is 0 Å². The minimum absolute atomic E-state index is 0.133. The van der Waals surface area contributed by atoms with Crippen LogP contribution in [0.1, 0.15) is 56.0 Å². The van der Waals surface area contributed by atoms with Gasteiger partial charge in [-0.05, 0) is 42.9 Å². The summed E-state index contributed by atoms with van der Waals surface area (Å²) in [6, 6.07) is 33.0. The summed E-state index contributed by atoms with van der Waals surface area (Å²) in [5.74, 6) is 0.798. The van der Waals surface area contributed by atoms with E-state index in [0.717, 1.165) is 29.0 Å². The third-order valence-electron chi connectivity index (χ3n) is 7.90. The lowest BCUT2D eigenvalue weighted by molar-refractivity contribution is -0.0230. The second-order valence-electron chi connectivity index (χ2n) is 10.3. The molecule has 3 aromatic carbocycles. The van der Waals surface area contributed by atoms with Gasteiger partial charge in [0.05, 0.1) is 24.6 Å². The van der Waals surface area contributed by atoms with Gasteiger partial charge in [0.15, 0.2) is 0 Å². The van der Waals surface area contributed by atoms with Gasteiger partial charge in [0, 0.05) is 10.6 Å². The molecular formula is C33H37O4P. The van der Waals surface area contributed by atoms with Crippen LogP contribution >= 0.6 is 7.14 Å². The summed E-state index contributed by atoms with van der Waals surface area (Å²) in [6.45, 7) is 0.493. The molecule has 0 bridgehead atoms. The van der Waals surface area contributed by atoms with E-state index in [1.807, 2.05) is 78.9 Å². The van der Waals surface area contributed by atoms with E-state index in [2.05, 4.69) is 12.1 Å². The van der Waals surface area contributed by atoms with E-state index in [1.54, 1.807) is 18.4 Å². The third kappa shape index (κ3) is 6.04. The first-order valence-corrected chi connectivity index (χ1v) is 15.5. The molecule has 38 heavy (non-hydrogen) atoms.